The van der Waals surface area contributed by atoms with Crippen LogP contribution in [0.15, 0.2) is 24.5 Å². The summed E-state index contributed by atoms with van der Waals surface area (Å²) in [5.74, 6) is 0.704. The summed E-state index contributed by atoms with van der Waals surface area (Å²) >= 11 is 1.72. The first-order valence-corrected chi connectivity index (χ1v) is 10.6. The van der Waals surface area contributed by atoms with Gasteiger partial charge in [-0.1, -0.05) is 31.3 Å². The highest BCUT2D eigenvalue weighted by atomic mass is 32.1. The summed E-state index contributed by atoms with van der Waals surface area (Å²) in [6.45, 7) is 7.86. The fraction of sp³-hybridized carbons (Fsp3) is 0.600. The Labute approximate surface area is 164 Å². The summed E-state index contributed by atoms with van der Waals surface area (Å²) in [7, 11) is 0. The number of carbonyl (C=O) groups is 1. The number of hydrogen-bond donors (Lipinski definition) is 0. The Morgan fingerprint density at radius 2 is 2.04 bits per heavy atom. The van der Waals surface area contributed by atoms with Crippen LogP contribution in [0, 0.1) is 5.41 Å². The highest BCUT2D eigenvalue weighted by molar-refractivity contribution is 7.15. The maximum Gasteiger partial charge on any atom is 0.222 e. The molecule has 6 nitrogen and oxygen atoms in total. The third-order valence-corrected chi connectivity index (χ3v) is 7.15. The zero-order chi connectivity index (χ0) is 18.9. The van der Waals surface area contributed by atoms with Crippen molar-refractivity contribution in [3.8, 4) is 0 Å². The third kappa shape index (κ3) is 3.98. The van der Waals surface area contributed by atoms with Gasteiger partial charge in [0.2, 0.25) is 11.0 Å². The molecule has 0 aromatic carbocycles. The SMILES string of the molecule is CC(C)c1nnc(N2CCC3(CCC(=O)N(Cc4cccnc4)C3)CC2)s1. The smallest absolute Gasteiger partial charge is 0.222 e. The molecule has 2 aromatic rings. The Kier molecular flexibility index (Phi) is 5.12. The molecule has 0 aliphatic carbocycles. The molecule has 1 amide bonds. The van der Waals surface area contributed by atoms with Crippen molar-refractivity contribution in [3.63, 3.8) is 0 Å². The summed E-state index contributed by atoms with van der Waals surface area (Å²) < 4.78 is 0. The zero-order valence-electron chi connectivity index (χ0n) is 16.1. The average molecular weight is 386 g/mol. The van der Waals surface area contributed by atoms with Crippen molar-refractivity contribution in [3.05, 3.63) is 35.1 Å². The number of nitrogens with zero attached hydrogens (tertiary/aromatic N) is 5. The van der Waals surface area contributed by atoms with Gasteiger partial charge in [-0.05, 0) is 36.3 Å². The number of hydrogen-bond acceptors (Lipinski definition) is 6. The van der Waals surface area contributed by atoms with Gasteiger partial charge in [0.1, 0.15) is 5.01 Å². The van der Waals surface area contributed by atoms with Gasteiger partial charge in [-0.3, -0.25) is 9.78 Å². The maximum absolute atomic E-state index is 12.5. The molecule has 0 radical (unpaired) electrons. The number of aromatic nitrogens is 3. The molecule has 27 heavy (non-hydrogen) atoms. The van der Waals surface area contributed by atoms with Gasteiger partial charge in [0, 0.05) is 50.9 Å². The van der Waals surface area contributed by atoms with Crippen LogP contribution in [0.2, 0.25) is 0 Å². The second-order valence-corrected chi connectivity index (χ2v) is 9.16. The molecule has 2 saturated heterocycles. The van der Waals surface area contributed by atoms with E-state index in [1.165, 1.54) is 0 Å². The summed E-state index contributed by atoms with van der Waals surface area (Å²) in [5.41, 5.74) is 1.36. The lowest BCUT2D eigenvalue weighted by Crippen LogP contribution is -2.51. The van der Waals surface area contributed by atoms with Gasteiger partial charge in [-0.25, -0.2) is 0 Å². The Morgan fingerprint density at radius 3 is 2.70 bits per heavy atom. The molecule has 4 rings (SSSR count). The van der Waals surface area contributed by atoms with Crippen molar-refractivity contribution < 1.29 is 4.79 Å². The van der Waals surface area contributed by atoms with E-state index in [0.717, 1.165) is 54.6 Å². The standard InChI is InChI=1S/C20H27N5OS/c1-15(2)18-22-23-19(27-18)24-10-7-20(8-11-24)6-5-17(26)25(14-20)13-16-4-3-9-21-12-16/h3-4,9,12,15H,5-8,10-11,13-14H2,1-2H3. The largest absolute Gasteiger partial charge is 0.347 e. The first-order valence-electron chi connectivity index (χ1n) is 9.80. The number of likely N-dealkylation sites (tertiary alicyclic amines) is 1. The number of rotatable bonds is 4. The summed E-state index contributed by atoms with van der Waals surface area (Å²) in [6, 6.07) is 3.98. The summed E-state index contributed by atoms with van der Waals surface area (Å²) in [6.07, 6.45) is 7.53. The van der Waals surface area contributed by atoms with Gasteiger partial charge in [-0.15, -0.1) is 10.2 Å². The molecule has 0 N–H and O–H groups in total. The normalized spacial score (nSPS) is 19.9. The van der Waals surface area contributed by atoms with Crippen LogP contribution in [-0.2, 0) is 11.3 Å². The molecule has 144 valence electrons. The lowest BCUT2D eigenvalue weighted by molar-refractivity contribution is -0.139. The van der Waals surface area contributed by atoms with Gasteiger partial charge in [0.15, 0.2) is 0 Å². The first kappa shape index (κ1) is 18.3. The number of piperidine rings is 2. The van der Waals surface area contributed by atoms with Crippen molar-refractivity contribution in [2.24, 2.45) is 5.41 Å². The monoisotopic (exact) mass is 385 g/mol. The van der Waals surface area contributed by atoms with Crippen LogP contribution in [0.4, 0.5) is 5.13 Å². The van der Waals surface area contributed by atoms with Crippen molar-refractivity contribution in [2.45, 2.75) is 52.0 Å². The van der Waals surface area contributed by atoms with Gasteiger partial charge in [-0.2, -0.15) is 0 Å². The third-order valence-electron chi connectivity index (χ3n) is 5.86. The zero-order valence-corrected chi connectivity index (χ0v) is 16.9. The fourth-order valence-electron chi connectivity index (χ4n) is 4.13. The second kappa shape index (κ2) is 7.54. The quantitative estimate of drug-likeness (QED) is 0.806. The van der Waals surface area contributed by atoms with Crippen molar-refractivity contribution in [1.82, 2.24) is 20.1 Å². The van der Waals surface area contributed by atoms with Gasteiger partial charge in [0.25, 0.3) is 0 Å². The van der Waals surface area contributed by atoms with Crippen LogP contribution in [0.3, 0.4) is 0 Å². The van der Waals surface area contributed by atoms with Crippen molar-refractivity contribution in [2.75, 3.05) is 24.5 Å². The molecule has 2 aromatic heterocycles. The van der Waals surface area contributed by atoms with Gasteiger partial charge < -0.3 is 9.80 Å². The van der Waals surface area contributed by atoms with E-state index in [4.69, 9.17) is 0 Å². The van der Waals surface area contributed by atoms with Crippen molar-refractivity contribution >= 4 is 22.4 Å². The minimum Gasteiger partial charge on any atom is -0.347 e. The Morgan fingerprint density at radius 1 is 1.22 bits per heavy atom. The number of pyridine rings is 1. The molecule has 4 heterocycles. The molecule has 1 spiro atoms. The topological polar surface area (TPSA) is 62.2 Å². The second-order valence-electron chi connectivity index (χ2n) is 8.18. The first-order chi connectivity index (χ1) is 13.0. The lowest BCUT2D eigenvalue weighted by atomic mass is 9.72. The lowest BCUT2D eigenvalue weighted by Gasteiger charge is -2.47. The summed E-state index contributed by atoms with van der Waals surface area (Å²) in [5, 5.41) is 10.9. The Balaban J connectivity index is 1.40. The summed E-state index contributed by atoms with van der Waals surface area (Å²) in [4.78, 5) is 21.0. The Bertz CT molecular complexity index is 783. The molecule has 0 unspecified atom stereocenters. The van der Waals surface area contributed by atoms with E-state index >= 15 is 0 Å². The molecular formula is C20H27N5OS. The minimum absolute atomic E-state index is 0.248. The number of carbonyl (C=O) groups excluding carboxylic acids is 1. The molecule has 2 aliphatic rings. The van der Waals surface area contributed by atoms with Gasteiger partial charge >= 0.3 is 0 Å². The van der Waals surface area contributed by atoms with Gasteiger partial charge in [0.05, 0.1) is 0 Å². The molecule has 0 saturated carbocycles. The van der Waals surface area contributed by atoms with Crippen LogP contribution in [0.5, 0.6) is 0 Å². The van der Waals surface area contributed by atoms with Crippen LogP contribution >= 0.6 is 11.3 Å². The predicted molar refractivity (Wildman–Crippen MR) is 107 cm³/mol. The number of anilines is 1. The van der Waals surface area contributed by atoms with E-state index in [0.29, 0.717) is 18.9 Å². The van der Waals surface area contributed by atoms with Crippen LogP contribution in [0.25, 0.3) is 0 Å². The van der Waals surface area contributed by atoms with E-state index in [9.17, 15) is 4.79 Å². The minimum atomic E-state index is 0.248. The highest BCUT2D eigenvalue weighted by Crippen LogP contribution is 2.42. The van der Waals surface area contributed by atoms with E-state index in [1.54, 1.807) is 17.5 Å². The molecule has 2 aliphatic heterocycles. The van der Waals surface area contributed by atoms with E-state index in [2.05, 4.69) is 33.9 Å². The number of amides is 1. The van der Waals surface area contributed by atoms with E-state index in [-0.39, 0.29) is 11.3 Å². The molecule has 7 heteroatoms. The maximum atomic E-state index is 12.5. The molecular weight excluding hydrogens is 358 g/mol. The van der Waals surface area contributed by atoms with E-state index < -0.39 is 0 Å². The highest BCUT2D eigenvalue weighted by Gasteiger charge is 2.41. The van der Waals surface area contributed by atoms with Crippen LogP contribution in [-0.4, -0.2) is 45.6 Å². The average Bonchev–Trinajstić information content (AvgIpc) is 3.17. The van der Waals surface area contributed by atoms with Crippen molar-refractivity contribution in [1.29, 1.82) is 0 Å². The van der Waals surface area contributed by atoms with Crippen LogP contribution < -0.4 is 4.90 Å². The Hall–Kier alpha value is -2.02. The predicted octanol–water partition coefficient (Wildman–Crippen LogP) is 3.47. The fourth-order valence-corrected chi connectivity index (χ4v) is 5.02. The van der Waals surface area contributed by atoms with E-state index in [1.807, 2.05) is 23.2 Å². The molecule has 0 atom stereocenters. The molecule has 0 bridgehead atoms. The van der Waals surface area contributed by atoms with Crippen LogP contribution in [0.1, 0.15) is 56.0 Å². The molecule has 2 fully saturated rings.